The van der Waals surface area contributed by atoms with E-state index >= 15 is 0 Å². The molecule has 5 heteroatoms. The number of aliphatic imine (C=N–C) groups is 1. The molecule has 0 saturated heterocycles. The first-order chi connectivity index (χ1) is 11.7. The van der Waals surface area contributed by atoms with Crippen LogP contribution in [-0.4, -0.2) is 6.34 Å². The lowest BCUT2D eigenvalue weighted by molar-refractivity contribution is 0.867. The molecule has 25 heavy (non-hydrogen) atoms. The number of hydrogen-bond acceptors (Lipinski definition) is 3. The Morgan fingerprint density at radius 1 is 1.04 bits per heavy atom. The van der Waals surface area contributed by atoms with Crippen molar-refractivity contribution < 1.29 is 0 Å². The molecular formula is C20H18Cl2N2S. The lowest BCUT2D eigenvalue weighted by atomic mass is 9.92. The second-order valence-electron chi connectivity index (χ2n) is 5.92. The summed E-state index contributed by atoms with van der Waals surface area (Å²) in [5, 5.41) is 4.03. The van der Waals surface area contributed by atoms with Gasteiger partial charge >= 0.3 is 0 Å². The van der Waals surface area contributed by atoms with Gasteiger partial charge in [0.25, 0.3) is 0 Å². The standard InChI is InChI=1S/C20H17ClN2S.ClH/c1-12-13(2)24-20(14-7-3-5-9-16(14)21)18(12)19-15-8-4-6-10-17(15)22-11-23-19;/h3-11,19H,1-2H3,(H,22,23);1H. The van der Waals surface area contributed by atoms with Gasteiger partial charge in [0, 0.05) is 37.2 Å². The average molecular weight is 389 g/mol. The number of benzene rings is 2. The van der Waals surface area contributed by atoms with Crippen LogP contribution < -0.4 is 5.32 Å². The van der Waals surface area contributed by atoms with Crippen LogP contribution in [0.25, 0.3) is 10.4 Å². The Balaban J connectivity index is 0.00000182. The van der Waals surface area contributed by atoms with Gasteiger partial charge in [0.1, 0.15) is 6.04 Å². The summed E-state index contributed by atoms with van der Waals surface area (Å²) in [5.41, 5.74) is 5.96. The fourth-order valence-corrected chi connectivity index (χ4v) is 4.70. The summed E-state index contributed by atoms with van der Waals surface area (Å²) in [7, 11) is 0. The first-order valence-electron chi connectivity index (χ1n) is 7.88. The zero-order valence-corrected chi connectivity index (χ0v) is 16.3. The lowest BCUT2D eigenvalue weighted by Crippen LogP contribution is -2.12. The summed E-state index contributed by atoms with van der Waals surface area (Å²) in [4.78, 5) is 7.29. The molecule has 0 fully saturated rings. The molecular weight excluding hydrogens is 371 g/mol. The first kappa shape index (κ1) is 18.0. The number of thiophene rings is 1. The number of fused-ring (bicyclic) bond motifs is 1. The SMILES string of the molecule is Cc1sc(-c2ccccc2Cl)c(C2N=CNc3ccccc32)c1C.Cl. The molecule has 2 nitrogen and oxygen atoms in total. The van der Waals surface area contributed by atoms with Crippen molar-refractivity contribution in [3.8, 4) is 10.4 Å². The van der Waals surface area contributed by atoms with E-state index < -0.39 is 0 Å². The number of rotatable bonds is 2. The minimum absolute atomic E-state index is 0. The maximum absolute atomic E-state index is 6.49. The summed E-state index contributed by atoms with van der Waals surface area (Å²) in [5.74, 6) is 0. The highest BCUT2D eigenvalue weighted by Crippen LogP contribution is 2.46. The van der Waals surface area contributed by atoms with Gasteiger partial charge in [0.2, 0.25) is 0 Å². The Kier molecular flexibility index (Phi) is 5.19. The second-order valence-corrected chi connectivity index (χ2v) is 7.55. The third-order valence-corrected chi connectivity index (χ3v) is 6.11. The largest absolute Gasteiger partial charge is 0.346 e. The van der Waals surface area contributed by atoms with Crippen molar-refractivity contribution in [2.24, 2.45) is 4.99 Å². The van der Waals surface area contributed by atoms with Crippen LogP contribution >= 0.6 is 35.3 Å². The summed E-state index contributed by atoms with van der Waals surface area (Å²) in [6.45, 7) is 4.35. The molecule has 0 amide bonds. The van der Waals surface area contributed by atoms with Crippen molar-refractivity contribution in [3.63, 3.8) is 0 Å². The second kappa shape index (κ2) is 7.20. The van der Waals surface area contributed by atoms with Crippen LogP contribution in [0.4, 0.5) is 5.69 Å². The van der Waals surface area contributed by atoms with E-state index in [1.807, 2.05) is 24.3 Å². The zero-order valence-electron chi connectivity index (χ0n) is 13.9. The van der Waals surface area contributed by atoms with E-state index in [0.29, 0.717) is 0 Å². The van der Waals surface area contributed by atoms with Crippen LogP contribution in [0.15, 0.2) is 53.5 Å². The number of anilines is 1. The van der Waals surface area contributed by atoms with Gasteiger partial charge in [-0.05, 0) is 31.5 Å². The molecule has 1 atom stereocenters. The van der Waals surface area contributed by atoms with Gasteiger partial charge in [-0.15, -0.1) is 23.7 Å². The van der Waals surface area contributed by atoms with E-state index in [4.69, 9.17) is 16.6 Å². The van der Waals surface area contributed by atoms with E-state index in [1.54, 1.807) is 17.7 Å². The van der Waals surface area contributed by atoms with Crippen LogP contribution in [0, 0.1) is 13.8 Å². The summed E-state index contributed by atoms with van der Waals surface area (Å²) >= 11 is 8.29. The van der Waals surface area contributed by atoms with Crippen LogP contribution in [0.5, 0.6) is 0 Å². The Morgan fingerprint density at radius 2 is 1.76 bits per heavy atom. The van der Waals surface area contributed by atoms with Gasteiger partial charge in [-0.1, -0.05) is 48.0 Å². The molecule has 3 aromatic rings. The van der Waals surface area contributed by atoms with Gasteiger partial charge in [-0.3, -0.25) is 4.99 Å². The van der Waals surface area contributed by atoms with E-state index in [2.05, 4.69) is 43.4 Å². The molecule has 1 aliphatic heterocycles. The minimum atomic E-state index is -0.00123. The Hall–Kier alpha value is -1.81. The van der Waals surface area contributed by atoms with Crippen LogP contribution in [-0.2, 0) is 0 Å². The molecule has 4 rings (SSSR count). The van der Waals surface area contributed by atoms with Crippen molar-refractivity contribution in [2.45, 2.75) is 19.9 Å². The van der Waals surface area contributed by atoms with Gasteiger partial charge in [-0.2, -0.15) is 0 Å². The van der Waals surface area contributed by atoms with Crippen LogP contribution in [0.3, 0.4) is 0 Å². The highest BCUT2D eigenvalue weighted by molar-refractivity contribution is 7.16. The Labute approximate surface area is 163 Å². The van der Waals surface area contributed by atoms with Crippen molar-refractivity contribution in [3.05, 3.63) is 75.1 Å². The van der Waals surface area contributed by atoms with Crippen LogP contribution in [0.2, 0.25) is 5.02 Å². The molecule has 2 aromatic carbocycles. The van der Waals surface area contributed by atoms with Crippen molar-refractivity contribution in [2.75, 3.05) is 5.32 Å². The lowest BCUT2D eigenvalue weighted by Gasteiger charge is -2.23. The minimum Gasteiger partial charge on any atom is -0.346 e. The van der Waals surface area contributed by atoms with Gasteiger partial charge in [0.15, 0.2) is 0 Å². The fraction of sp³-hybridized carbons (Fsp3) is 0.150. The topological polar surface area (TPSA) is 24.4 Å². The molecule has 0 radical (unpaired) electrons. The predicted octanol–water partition coefficient (Wildman–Crippen LogP) is 6.65. The normalized spacial score (nSPS) is 15.2. The molecule has 0 bridgehead atoms. The monoisotopic (exact) mass is 388 g/mol. The molecule has 1 aliphatic rings. The van der Waals surface area contributed by atoms with E-state index in [9.17, 15) is 0 Å². The summed E-state index contributed by atoms with van der Waals surface area (Å²) < 4.78 is 0. The molecule has 1 unspecified atom stereocenters. The van der Waals surface area contributed by atoms with E-state index in [0.717, 1.165) is 16.3 Å². The molecule has 1 N–H and O–H groups in total. The van der Waals surface area contributed by atoms with Crippen molar-refractivity contribution in [1.29, 1.82) is 0 Å². The number of halogens is 2. The maximum atomic E-state index is 6.49. The molecule has 0 aliphatic carbocycles. The maximum Gasteiger partial charge on any atom is 0.105 e. The molecule has 1 aromatic heterocycles. The van der Waals surface area contributed by atoms with Gasteiger partial charge in [-0.25, -0.2) is 0 Å². The molecule has 128 valence electrons. The van der Waals surface area contributed by atoms with E-state index in [-0.39, 0.29) is 18.4 Å². The summed E-state index contributed by atoms with van der Waals surface area (Å²) in [6.07, 6.45) is 1.80. The third kappa shape index (κ3) is 3.08. The smallest absolute Gasteiger partial charge is 0.105 e. The highest BCUT2D eigenvalue weighted by atomic mass is 35.5. The average Bonchev–Trinajstić information content (AvgIpc) is 2.90. The molecule has 0 spiro atoms. The number of para-hydroxylation sites is 1. The predicted molar refractivity (Wildman–Crippen MR) is 112 cm³/mol. The molecule has 2 heterocycles. The van der Waals surface area contributed by atoms with Crippen molar-refractivity contribution in [1.82, 2.24) is 0 Å². The van der Waals surface area contributed by atoms with Gasteiger partial charge in [0.05, 0.1) is 6.34 Å². The van der Waals surface area contributed by atoms with E-state index in [1.165, 1.54) is 26.4 Å². The number of nitrogens with one attached hydrogen (secondary N) is 1. The first-order valence-corrected chi connectivity index (χ1v) is 9.08. The van der Waals surface area contributed by atoms with Crippen molar-refractivity contribution >= 4 is 47.4 Å². The summed E-state index contributed by atoms with van der Waals surface area (Å²) in [6, 6.07) is 16.4. The zero-order chi connectivity index (χ0) is 16.7. The number of nitrogens with zero attached hydrogens (tertiary/aromatic N) is 1. The highest BCUT2D eigenvalue weighted by Gasteiger charge is 2.27. The number of hydrogen-bond donors (Lipinski definition) is 1. The Bertz CT molecular complexity index is 947. The quantitative estimate of drug-likeness (QED) is 0.521. The molecule has 0 saturated carbocycles. The fourth-order valence-electron chi connectivity index (χ4n) is 3.18. The Morgan fingerprint density at radius 3 is 2.56 bits per heavy atom. The third-order valence-electron chi connectivity index (χ3n) is 4.52. The van der Waals surface area contributed by atoms with Crippen LogP contribution in [0.1, 0.15) is 27.6 Å². The number of aryl methyl sites for hydroxylation is 1. The van der Waals surface area contributed by atoms with Gasteiger partial charge < -0.3 is 5.32 Å².